The van der Waals surface area contributed by atoms with Crippen molar-refractivity contribution in [3.05, 3.63) is 71.6 Å². The average Bonchev–Trinajstić information content (AvgIpc) is 2.72. The number of carbonyl (C=O) groups is 1. The van der Waals surface area contributed by atoms with Crippen molar-refractivity contribution in [2.45, 2.75) is 30.8 Å². The molecule has 0 unspecified atom stereocenters. The lowest BCUT2D eigenvalue weighted by atomic mass is 9.65. The first-order valence-corrected chi connectivity index (χ1v) is 9.76. The first-order chi connectivity index (χ1) is 14.9. The van der Waals surface area contributed by atoms with Crippen LogP contribution in [0.2, 0.25) is 0 Å². The van der Waals surface area contributed by atoms with Crippen LogP contribution >= 0.6 is 0 Å². The molecule has 1 aromatic carbocycles. The van der Waals surface area contributed by atoms with Crippen molar-refractivity contribution in [2.24, 2.45) is 5.73 Å². The van der Waals surface area contributed by atoms with Gasteiger partial charge >= 0.3 is 0 Å². The number of anilines is 1. The molecule has 1 aliphatic carbocycles. The highest BCUT2D eigenvalue weighted by Crippen LogP contribution is 2.45. The Morgan fingerprint density at radius 2 is 1.94 bits per heavy atom. The molecule has 0 atom stereocenters. The van der Waals surface area contributed by atoms with Crippen molar-refractivity contribution < 1.29 is 18.0 Å². The summed E-state index contributed by atoms with van der Waals surface area (Å²) in [4.78, 5) is 15.2. The molecule has 3 N–H and O–H groups in total. The van der Waals surface area contributed by atoms with Crippen LogP contribution in [0.3, 0.4) is 0 Å². The van der Waals surface area contributed by atoms with Gasteiger partial charge in [0.2, 0.25) is 5.91 Å². The van der Waals surface area contributed by atoms with Crippen molar-refractivity contribution in [1.82, 2.24) is 15.2 Å². The van der Waals surface area contributed by atoms with Gasteiger partial charge in [-0.1, -0.05) is 0 Å². The lowest BCUT2D eigenvalue weighted by molar-refractivity contribution is -0.117. The maximum atomic E-state index is 14.2. The number of pyridine rings is 1. The zero-order chi connectivity index (χ0) is 22.0. The molecule has 1 fully saturated rings. The van der Waals surface area contributed by atoms with E-state index in [0.717, 1.165) is 0 Å². The lowest BCUT2D eigenvalue weighted by Crippen LogP contribution is -2.49. The third-order valence-electron chi connectivity index (χ3n) is 5.46. The molecule has 3 aromatic rings. The number of nitrogens with two attached hydrogens (primary N) is 1. The molecule has 0 radical (unpaired) electrons. The van der Waals surface area contributed by atoms with Crippen LogP contribution in [-0.4, -0.2) is 33.8 Å². The van der Waals surface area contributed by atoms with Crippen LogP contribution in [0.25, 0.3) is 11.3 Å². The maximum Gasteiger partial charge on any atom is 0.221 e. The predicted molar refractivity (Wildman–Crippen MR) is 109 cm³/mol. The Kier molecular flexibility index (Phi) is 5.58. The van der Waals surface area contributed by atoms with Gasteiger partial charge in [-0.25, -0.2) is 13.2 Å². The van der Waals surface area contributed by atoms with Gasteiger partial charge in [-0.2, -0.15) is 0 Å². The fraction of sp³-hybridized carbons (Fsp3) is 0.273. The second-order valence-corrected chi connectivity index (χ2v) is 7.73. The largest absolute Gasteiger partial charge is 0.369 e. The molecule has 6 nitrogen and oxygen atoms in total. The molecular formula is C22H20F3N5O. The van der Waals surface area contributed by atoms with Gasteiger partial charge in [0, 0.05) is 23.7 Å². The standard InChI is InChI=1S/C22H20F3N5O/c23-15-10-22(11-15,21-17(25)2-1-7-27-21)12-28-20-6-5-18(29-30-20)13-3-4-16(24)14(8-13)9-19(26)31/h1-8,15H,9-12H2,(H2,26,31)(H,28,30). The highest BCUT2D eigenvalue weighted by atomic mass is 19.1. The number of aromatic nitrogens is 3. The number of alkyl halides is 1. The van der Waals surface area contributed by atoms with Gasteiger partial charge in [0.1, 0.15) is 23.6 Å². The van der Waals surface area contributed by atoms with Crippen molar-refractivity contribution >= 4 is 11.7 Å². The molecule has 4 rings (SSSR count). The van der Waals surface area contributed by atoms with E-state index in [0.29, 0.717) is 17.1 Å². The van der Waals surface area contributed by atoms with Crippen molar-refractivity contribution in [2.75, 3.05) is 11.9 Å². The van der Waals surface area contributed by atoms with Crippen LogP contribution in [0.5, 0.6) is 0 Å². The van der Waals surface area contributed by atoms with Gasteiger partial charge < -0.3 is 11.1 Å². The van der Waals surface area contributed by atoms with Crippen LogP contribution in [0.15, 0.2) is 48.7 Å². The van der Waals surface area contributed by atoms with Crippen molar-refractivity contribution in [3.63, 3.8) is 0 Å². The quantitative estimate of drug-likeness (QED) is 0.603. The number of halogens is 3. The summed E-state index contributed by atoms with van der Waals surface area (Å²) in [6.07, 6.45) is 0.643. The molecule has 0 bridgehead atoms. The van der Waals surface area contributed by atoms with E-state index in [-0.39, 0.29) is 37.1 Å². The molecule has 160 valence electrons. The summed E-state index contributed by atoms with van der Waals surface area (Å²) in [6, 6.07) is 10.5. The van der Waals surface area contributed by atoms with E-state index in [1.165, 1.54) is 36.5 Å². The number of nitrogens with one attached hydrogen (secondary N) is 1. The molecule has 2 aromatic heterocycles. The summed E-state index contributed by atoms with van der Waals surface area (Å²) in [5.41, 5.74) is 5.90. The van der Waals surface area contributed by atoms with E-state index in [1.54, 1.807) is 12.1 Å². The highest BCUT2D eigenvalue weighted by Gasteiger charge is 2.48. The zero-order valence-electron chi connectivity index (χ0n) is 16.5. The minimum absolute atomic E-state index is 0.178. The summed E-state index contributed by atoms with van der Waals surface area (Å²) in [7, 11) is 0. The second-order valence-electron chi connectivity index (χ2n) is 7.73. The SMILES string of the molecule is NC(=O)Cc1cc(-c2ccc(NCC3(c4ncccc4F)CC(F)C3)nn2)ccc1F. The number of carbonyl (C=O) groups excluding carboxylic acids is 1. The van der Waals surface area contributed by atoms with Crippen molar-refractivity contribution in [1.29, 1.82) is 0 Å². The van der Waals surface area contributed by atoms with E-state index >= 15 is 0 Å². The summed E-state index contributed by atoms with van der Waals surface area (Å²) >= 11 is 0. The van der Waals surface area contributed by atoms with Crippen molar-refractivity contribution in [3.8, 4) is 11.3 Å². The Morgan fingerprint density at radius 1 is 1.13 bits per heavy atom. The van der Waals surface area contributed by atoms with E-state index in [4.69, 9.17) is 5.73 Å². The Balaban J connectivity index is 1.49. The van der Waals surface area contributed by atoms with E-state index in [9.17, 15) is 18.0 Å². The Morgan fingerprint density at radius 3 is 2.58 bits per heavy atom. The monoisotopic (exact) mass is 427 g/mol. The van der Waals surface area contributed by atoms with Gasteiger partial charge in [0.15, 0.2) is 0 Å². The molecule has 0 saturated heterocycles. The van der Waals surface area contributed by atoms with Crippen LogP contribution in [0, 0.1) is 11.6 Å². The first kappa shape index (κ1) is 20.8. The fourth-order valence-corrected chi connectivity index (χ4v) is 3.88. The number of primary amides is 1. The molecule has 0 spiro atoms. The molecule has 1 amide bonds. The highest BCUT2D eigenvalue weighted by molar-refractivity contribution is 5.77. The molecule has 9 heteroatoms. The van der Waals surface area contributed by atoms with Gasteiger partial charge in [-0.3, -0.25) is 9.78 Å². The summed E-state index contributed by atoms with van der Waals surface area (Å²) in [6.45, 7) is 0.259. The summed E-state index contributed by atoms with van der Waals surface area (Å²) < 4.78 is 41.8. The van der Waals surface area contributed by atoms with E-state index in [2.05, 4.69) is 20.5 Å². The number of hydrogen-bond donors (Lipinski definition) is 2. The third kappa shape index (κ3) is 4.35. The minimum Gasteiger partial charge on any atom is -0.369 e. The van der Waals surface area contributed by atoms with Crippen LogP contribution in [-0.2, 0) is 16.6 Å². The molecule has 2 heterocycles. The van der Waals surface area contributed by atoms with Crippen LogP contribution < -0.4 is 11.1 Å². The molecule has 1 aliphatic rings. The third-order valence-corrected chi connectivity index (χ3v) is 5.46. The van der Waals surface area contributed by atoms with E-state index < -0.39 is 29.1 Å². The molecule has 0 aliphatic heterocycles. The number of amides is 1. The second kappa shape index (κ2) is 8.33. The topological polar surface area (TPSA) is 93.8 Å². The molecule has 31 heavy (non-hydrogen) atoms. The number of benzene rings is 1. The summed E-state index contributed by atoms with van der Waals surface area (Å²) in [5.74, 6) is -1.18. The molecular weight excluding hydrogens is 407 g/mol. The zero-order valence-corrected chi connectivity index (χ0v) is 16.5. The predicted octanol–water partition coefficient (Wildman–Crippen LogP) is 3.33. The molecule has 1 saturated carbocycles. The van der Waals surface area contributed by atoms with Gasteiger partial charge in [-0.15, -0.1) is 10.2 Å². The minimum atomic E-state index is -0.996. The summed E-state index contributed by atoms with van der Waals surface area (Å²) in [5, 5.41) is 11.3. The fourth-order valence-electron chi connectivity index (χ4n) is 3.88. The van der Waals surface area contributed by atoms with Crippen LogP contribution in [0.1, 0.15) is 24.1 Å². The Labute approximate surface area is 176 Å². The van der Waals surface area contributed by atoms with Gasteiger partial charge in [0.25, 0.3) is 0 Å². The average molecular weight is 427 g/mol. The smallest absolute Gasteiger partial charge is 0.221 e. The Bertz CT molecular complexity index is 1100. The normalized spacial score (nSPS) is 20.2. The number of rotatable bonds is 7. The van der Waals surface area contributed by atoms with Crippen LogP contribution in [0.4, 0.5) is 19.0 Å². The number of nitrogens with zero attached hydrogens (tertiary/aromatic N) is 3. The van der Waals surface area contributed by atoms with E-state index in [1.807, 2.05) is 0 Å². The number of hydrogen-bond acceptors (Lipinski definition) is 5. The Hall–Kier alpha value is -3.49. The lowest BCUT2D eigenvalue weighted by Gasteiger charge is -2.44. The van der Waals surface area contributed by atoms with Gasteiger partial charge in [-0.05, 0) is 60.9 Å². The maximum absolute atomic E-state index is 14.2. The van der Waals surface area contributed by atoms with Gasteiger partial charge in [0.05, 0.1) is 17.8 Å². The first-order valence-electron chi connectivity index (χ1n) is 9.76.